The fourth-order valence-corrected chi connectivity index (χ4v) is 2.69. The van der Waals surface area contributed by atoms with E-state index in [0.717, 1.165) is 5.56 Å². The number of rotatable bonds is 5. The summed E-state index contributed by atoms with van der Waals surface area (Å²) in [5.41, 5.74) is -0.146. The Bertz CT molecular complexity index is 576. The molecule has 1 fully saturated rings. The van der Waals surface area contributed by atoms with Gasteiger partial charge in [0.2, 0.25) is 0 Å². The van der Waals surface area contributed by atoms with E-state index in [1.807, 2.05) is 6.07 Å². The van der Waals surface area contributed by atoms with Crippen molar-refractivity contribution in [1.82, 2.24) is 5.32 Å². The molecule has 2 rings (SSSR count). The van der Waals surface area contributed by atoms with Gasteiger partial charge < -0.3 is 10.1 Å². The van der Waals surface area contributed by atoms with E-state index in [9.17, 15) is 9.59 Å². The van der Waals surface area contributed by atoms with Gasteiger partial charge in [-0.1, -0.05) is 29.8 Å². The van der Waals surface area contributed by atoms with Crippen LogP contribution in [0.4, 0.5) is 0 Å². The van der Waals surface area contributed by atoms with Gasteiger partial charge in [-0.15, -0.1) is 23.2 Å². The van der Waals surface area contributed by atoms with Crippen molar-refractivity contribution < 1.29 is 14.3 Å². The van der Waals surface area contributed by atoms with Gasteiger partial charge in [0.1, 0.15) is 9.75 Å². The van der Waals surface area contributed by atoms with Crippen LogP contribution in [0.3, 0.4) is 0 Å². The number of nitrogens with one attached hydrogen (secondary N) is 1. The van der Waals surface area contributed by atoms with Crippen molar-refractivity contribution in [2.24, 2.45) is 5.41 Å². The third kappa shape index (κ3) is 3.62. The van der Waals surface area contributed by atoms with E-state index in [0.29, 0.717) is 11.4 Å². The first-order chi connectivity index (χ1) is 9.76. The molecule has 1 amide bonds. The van der Waals surface area contributed by atoms with Gasteiger partial charge in [-0.05, 0) is 18.6 Å². The van der Waals surface area contributed by atoms with Crippen LogP contribution in [0, 0.1) is 5.41 Å². The number of carbonyl (C=O) groups is 2. The zero-order valence-electron chi connectivity index (χ0n) is 11.3. The van der Waals surface area contributed by atoms with Crippen molar-refractivity contribution in [2.45, 2.75) is 24.2 Å². The second-order valence-corrected chi connectivity index (χ2v) is 7.05. The Labute approximate surface area is 137 Å². The molecule has 1 aromatic rings. The maximum Gasteiger partial charge on any atom is 0.315 e. The summed E-state index contributed by atoms with van der Waals surface area (Å²) in [5, 5.41) is 3.19. The van der Waals surface area contributed by atoms with Crippen LogP contribution in [-0.4, -0.2) is 22.8 Å². The molecule has 0 aromatic heterocycles. The Balaban J connectivity index is 1.76. The quantitative estimate of drug-likeness (QED) is 0.656. The number of hydrogen-bond donors (Lipinski definition) is 1. The highest BCUT2D eigenvalue weighted by Gasteiger charge is 2.69. The van der Waals surface area contributed by atoms with Crippen LogP contribution >= 0.6 is 34.8 Å². The lowest BCUT2D eigenvalue weighted by Crippen LogP contribution is -2.31. The summed E-state index contributed by atoms with van der Waals surface area (Å²) in [4.78, 5) is 23.4. The van der Waals surface area contributed by atoms with Crippen molar-refractivity contribution in [3.05, 3.63) is 34.9 Å². The highest BCUT2D eigenvalue weighted by atomic mass is 35.5. The van der Waals surface area contributed by atoms with Crippen molar-refractivity contribution >= 4 is 46.7 Å². The fourth-order valence-electron chi connectivity index (χ4n) is 1.80. The van der Waals surface area contributed by atoms with Crippen LogP contribution in [0.5, 0.6) is 0 Å². The van der Waals surface area contributed by atoms with Crippen LogP contribution in [-0.2, 0) is 20.9 Å². The third-order valence-corrected chi connectivity index (χ3v) is 4.95. The van der Waals surface area contributed by atoms with Gasteiger partial charge in [0.25, 0.3) is 5.91 Å². The molecule has 1 aliphatic carbocycles. The molecule has 0 spiro atoms. The van der Waals surface area contributed by atoms with Crippen LogP contribution in [0.1, 0.15) is 18.9 Å². The number of ether oxygens (including phenoxy) is 1. The largest absolute Gasteiger partial charge is 0.455 e. The first-order valence-corrected chi connectivity index (χ1v) is 7.45. The van der Waals surface area contributed by atoms with E-state index in [1.54, 1.807) is 25.1 Å². The van der Waals surface area contributed by atoms with Crippen LogP contribution in [0.25, 0.3) is 0 Å². The average molecular weight is 351 g/mol. The molecule has 1 aromatic carbocycles. The minimum Gasteiger partial charge on any atom is -0.455 e. The Hall–Kier alpha value is -0.970. The van der Waals surface area contributed by atoms with Gasteiger partial charge in [0, 0.05) is 18.0 Å². The molecule has 7 heteroatoms. The Morgan fingerprint density at radius 2 is 1.95 bits per heavy atom. The van der Waals surface area contributed by atoms with Gasteiger partial charge >= 0.3 is 5.97 Å². The van der Waals surface area contributed by atoms with Crippen molar-refractivity contribution in [3.8, 4) is 0 Å². The summed E-state index contributed by atoms with van der Waals surface area (Å²) in [6.45, 7) is 1.50. The van der Waals surface area contributed by atoms with Gasteiger partial charge in [-0.2, -0.15) is 0 Å². The van der Waals surface area contributed by atoms with Crippen LogP contribution in [0.2, 0.25) is 5.02 Å². The van der Waals surface area contributed by atoms with E-state index in [2.05, 4.69) is 5.32 Å². The minimum absolute atomic E-state index is 0.266. The lowest BCUT2D eigenvalue weighted by Gasteiger charge is -2.12. The fraction of sp³-hybridized carbons (Fsp3) is 0.429. The zero-order chi connectivity index (χ0) is 15.7. The second-order valence-electron chi connectivity index (χ2n) is 5.16. The van der Waals surface area contributed by atoms with Crippen LogP contribution < -0.4 is 5.32 Å². The van der Waals surface area contributed by atoms with E-state index < -0.39 is 21.6 Å². The molecule has 0 heterocycles. The number of hydrogen-bond acceptors (Lipinski definition) is 3. The Kier molecular flexibility index (Phi) is 4.71. The molecule has 0 radical (unpaired) electrons. The number of alkyl halides is 2. The van der Waals surface area contributed by atoms with Gasteiger partial charge in [0.05, 0.1) is 0 Å². The van der Waals surface area contributed by atoms with E-state index in [1.165, 1.54) is 0 Å². The van der Waals surface area contributed by atoms with Gasteiger partial charge in [-0.25, -0.2) is 0 Å². The third-order valence-electron chi connectivity index (χ3n) is 3.48. The molecule has 1 saturated carbocycles. The summed E-state index contributed by atoms with van der Waals surface area (Å²) in [6, 6.07) is 7.16. The van der Waals surface area contributed by atoms with Crippen molar-refractivity contribution in [3.63, 3.8) is 0 Å². The Morgan fingerprint density at radius 3 is 2.52 bits per heavy atom. The predicted octanol–water partition coefficient (Wildman–Crippen LogP) is 3.08. The first-order valence-electron chi connectivity index (χ1n) is 6.31. The highest BCUT2D eigenvalue weighted by molar-refractivity contribution is 6.53. The second kappa shape index (κ2) is 6.03. The molecule has 114 valence electrons. The molecular weight excluding hydrogens is 337 g/mol. The molecule has 0 aliphatic heterocycles. The number of benzene rings is 1. The zero-order valence-corrected chi connectivity index (χ0v) is 13.6. The smallest absolute Gasteiger partial charge is 0.315 e. The molecule has 4 nitrogen and oxygen atoms in total. The lowest BCUT2D eigenvalue weighted by atomic mass is 10.1. The van der Waals surface area contributed by atoms with Crippen LogP contribution in [0.15, 0.2) is 24.3 Å². The van der Waals surface area contributed by atoms with Gasteiger partial charge in [-0.3, -0.25) is 9.59 Å². The average Bonchev–Trinajstić information content (AvgIpc) is 2.95. The number of halogens is 3. The monoisotopic (exact) mass is 349 g/mol. The summed E-state index contributed by atoms with van der Waals surface area (Å²) >= 11 is 17.7. The Morgan fingerprint density at radius 1 is 1.33 bits per heavy atom. The summed E-state index contributed by atoms with van der Waals surface area (Å²) in [6.07, 6.45) is 0.323. The number of amides is 1. The topological polar surface area (TPSA) is 55.4 Å². The molecule has 1 N–H and O–H groups in total. The SMILES string of the molecule is CC1(C(=O)OCC(=O)NCc2ccccc2Cl)CC1(Cl)Cl. The molecule has 1 unspecified atom stereocenters. The molecule has 1 atom stereocenters. The van der Waals surface area contributed by atoms with E-state index >= 15 is 0 Å². The maximum atomic E-state index is 11.8. The van der Waals surface area contributed by atoms with Crippen molar-refractivity contribution in [2.75, 3.05) is 6.61 Å². The predicted molar refractivity (Wildman–Crippen MR) is 81.4 cm³/mol. The first kappa shape index (κ1) is 16.4. The molecule has 0 saturated heterocycles. The maximum absolute atomic E-state index is 11.8. The minimum atomic E-state index is -1.10. The molecule has 21 heavy (non-hydrogen) atoms. The molecular formula is C14H14Cl3NO3. The summed E-state index contributed by atoms with van der Waals surface area (Å²) in [7, 11) is 0. The molecule has 0 bridgehead atoms. The summed E-state index contributed by atoms with van der Waals surface area (Å²) in [5.74, 6) is -0.984. The van der Waals surface area contributed by atoms with E-state index in [-0.39, 0.29) is 13.2 Å². The van der Waals surface area contributed by atoms with Crippen molar-refractivity contribution in [1.29, 1.82) is 0 Å². The standard InChI is InChI=1S/C14H14Cl3NO3/c1-13(8-14(13,16)17)12(20)21-7-11(19)18-6-9-4-2-3-5-10(9)15/h2-5H,6-8H2,1H3,(H,18,19). The number of esters is 1. The lowest BCUT2D eigenvalue weighted by molar-refractivity contribution is -0.153. The van der Waals surface area contributed by atoms with Gasteiger partial charge in [0.15, 0.2) is 6.61 Å². The highest BCUT2D eigenvalue weighted by Crippen LogP contribution is 2.64. The van der Waals surface area contributed by atoms with E-state index in [4.69, 9.17) is 39.5 Å². The molecule has 1 aliphatic rings. The number of carbonyl (C=O) groups excluding carboxylic acids is 2. The normalized spacial score (nSPS) is 22.5. The summed E-state index contributed by atoms with van der Waals surface area (Å²) < 4.78 is 3.83.